The highest BCUT2D eigenvalue weighted by Gasteiger charge is 2.35. The molecule has 1 nitrogen and oxygen atoms in total. The molecule has 0 aromatic heterocycles. The fraction of sp³-hybridized carbons (Fsp3) is 0.538. The average molecular weight is 244 g/mol. The standard InChI is InChI=1S/C13H15F3O/c1-9-6-7-12(11(8-9)13(14,15)16)17-10-4-2-3-5-10/h6-8,10H,2-5H2,1H3. The Morgan fingerprint density at radius 2 is 1.82 bits per heavy atom. The third-order valence-corrected chi connectivity index (χ3v) is 3.04. The number of rotatable bonds is 2. The third-order valence-electron chi connectivity index (χ3n) is 3.04. The van der Waals surface area contributed by atoms with Crippen LogP contribution in [0.15, 0.2) is 18.2 Å². The lowest BCUT2D eigenvalue weighted by atomic mass is 10.1. The molecule has 1 aliphatic rings. The van der Waals surface area contributed by atoms with Gasteiger partial charge in [0, 0.05) is 0 Å². The fourth-order valence-corrected chi connectivity index (χ4v) is 2.15. The number of alkyl halides is 3. The number of halogens is 3. The van der Waals surface area contributed by atoms with Crippen molar-refractivity contribution in [2.45, 2.75) is 44.9 Å². The summed E-state index contributed by atoms with van der Waals surface area (Å²) in [5.41, 5.74) is -0.0690. The Hall–Kier alpha value is -1.19. The van der Waals surface area contributed by atoms with Crippen molar-refractivity contribution in [2.75, 3.05) is 0 Å². The van der Waals surface area contributed by atoms with Crippen molar-refractivity contribution in [3.8, 4) is 5.75 Å². The van der Waals surface area contributed by atoms with Gasteiger partial charge in [0.25, 0.3) is 0 Å². The average Bonchev–Trinajstić information content (AvgIpc) is 2.72. The number of benzene rings is 1. The number of hydrogen-bond acceptors (Lipinski definition) is 1. The molecule has 1 aliphatic carbocycles. The molecular weight excluding hydrogens is 229 g/mol. The lowest BCUT2D eigenvalue weighted by Crippen LogP contribution is -2.15. The van der Waals surface area contributed by atoms with Crippen LogP contribution in [-0.2, 0) is 6.18 Å². The summed E-state index contributed by atoms with van der Waals surface area (Å²) in [4.78, 5) is 0. The second-order valence-corrected chi connectivity index (χ2v) is 4.52. The van der Waals surface area contributed by atoms with Gasteiger partial charge in [-0.1, -0.05) is 11.6 Å². The molecule has 0 bridgehead atoms. The van der Waals surface area contributed by atoms with Gasteiger partial charge < -0.3 is 4.74 Å². The molecule has 0 spiro atoms. The van der Waals surface area contributed by atoms with Gasteiger partial charge in [-0.05, 0) is 44.7 Å². The van der Waals surface area contributed by atoms with Crippen molar-refractivity contribution in [3.05, 3.63) is 29.3 Å². The van der Waals surface area contributed by atoms with Crippen LogP contribution in [0.3, 0.4) is 0 Å². The van der Waals surface area contributed by atoms with Gasteiger partial charge in [0.05, 0.1) is 11.7 Å². The Kier molecular flexibility index (Phi) is 3.31. The van der Waals surface area contributed by atoms with E-state index in [0.29, 0.717) is 5.56 Å². The zero-order valence-electron chi connectivity index (χ0n) is 9.68. The first-order chi connectivity index (χ1) is 7.97. The molecule has 1 saturated carbocycles. The van der Waals surface area contributed by atoms with Crippen molar-refractivity contribution in [1.82, 2.24) is 0 Å². The summed E-state index contributed by atoms with van der Waals surface area (Å²) in [6, 6.07) is 4.22. The summed E-state index contributed by atoms with van der Waals surface area (Å²) in [5, 5.41) is 0. The van der Waals surface area contributed by atoms with Crippen LogP contribution in [0.4, 0.5) is 13.2 Å². The van der Waals surface area contributed by atoms with Gasteiger partial charge in [-0.15, -0.1) is 0 Å². The Morgan fingerprint density at radius 1 is 1.18 bits per heavy atom. The smallest absolute Gasteiger partial charge is 0.419 e. The Balaban J connectivity index is 2.25. The van der Waals surface area contributed by atoms with Crippen LogP contribution in [0.5, 0.6) is 5.75 Å². The number of aryl methyl sites for hydroxylation is 1. The highest BCUT2D eigenvalue weighted by molar-refractivity contribution is 5.39. The van der Waals surface area contributed by atoms with Crippen molar-refractivity contribution < 1.29 is 17.9 Å². The first-order valence-corrected chi connectivity index (χ1v) is 5.81. The molecular formula is C13H15F3O. The minimum atomic E-state index is -4.35. The van der Waals surface area contributed by atoms with Gasteiger partial charge >= 0.3 is 6.18 Å². The normalized spacial score (nSPS) is 17.4. The monoisotopic (exact) mass is 244 g/mol. The maximum absolute atomic E-state index is 12.8. The summed E-state index contributed by atoms with van der Waals surface area (Å²) in [6.07, 6.45) is -0.620. The predicted molar refractivity (Wildman–Crippen MR) is 59.1 cm³/mol. The predicted octanol–water partition coefficient (Wildman–Crippen LogP) is 4.34. The topological polar surface area (TPSA) is 9.23 Å². The van der Waals surface area contributed by atoms with Crippen molar-refractivity contribution in [1.29, 1.82) is 0 Å². The molecule has 0 heterocycles. The molecule has 1 aromatic carbocycles. The van der Waals surface area contributed by atoms with E-state index in [1.54, 1.807) is 13.0 Å². The van der Waals surface area contributed by atoms with Gasteiger partial charge in [-0.2, -0.15) is 13.2 Å². The van der Waals surface area contributed by atoms with Crippen LogP contribution in [0, 0.1) is 6.92 Å². The molecule has 0 saturated heterocycles. The molecule has 0 N–H and O–H groups in total. The zero-order valence-corrected chi connectivity index (χ0v) is 9.68. The summed E-state index contributed by atoms with van der Waals surface area (Å²) >= 11 is 0. The van der Waals surface area contributed by atoms with Gasteiger partial charge in [-0.3, -0.25) is 0 Å². The first-order valence-electron chi connectivity index (χ1n) is 5.81. The van der Waals surface area contributed by atoms with Crippen LogP contribution in [0.1, 0.15) is 36.8 Å². The fourth-order valence-electron chi connectivity index (χ4n) is 2.15. The molecule has 17 heavy (non-hydrogen) atoms. The zero-order chi connectivity index (χ0) is 12.5. The summed E-state index contributed by atoms with van der Waals surface area (Å²) in [7, 11) is 0. The van der Waals surface area contributed by atoms with Gasteiger partial charge in [0.15, 0.2) is 0 Å². The molecule has 0 amide bonds. The molecule has 4 heteroatoms. The van der Waals surface area contributed by atoms with E-state index in [2.05, 4.69) is 0 Å². The second-order valence-electron chi connectivity index (χ2n) is 4.52. The second kappa shape index (κ2) is 4.59. The van der Waals surface area contributed by atoms with E-state index in [0.717, 1.165) is 31.7 Å². The van der Waals surface area contributed by atoms with E-state index in [1.165, 1.54) is 6.07 Å². The van der Waals surface area contributed by atoms with Crippen LogP contribution < -0.4 is 4.74 Å². The molecule has 1 fully saturated rings. The molecule has 0 radical (unpaired) electrons. The quantitative estimate of drug-likeness (QED) is 0.752. The minimum Gasteiger partial charge on any atom is -0.490 e. The third kappa shape index (κ3) is 2.93. The van der Waals surface area contributed by atoms with Crippen LogP contribution in [0.25, 0.3) is 0 Å². The lowest BCUT2D eigenvalue weighted by molar-refractivity contribution is -0.139. The van der Waals surface area contributed by atoms with Crippen molar-refractivity contribution >= 4 is 0 Å². The highest BCUT2D eigenvalue weighted by atomic mass is 19.4. The maximum Gasteiger partial charge on any atom is 0.419 e. The largest absolute Gasteiger partial charge is 0.490 e. The van der Waals surface area contributed by atoms with Crippen LogP contribution in [0.2, 0.25) is 0 Å². The summed E-state index contributed by atoms with van der Waals surface area (Å²) in [6.45, 7) is 1.65. The molecule has 1 aromatic rings. The molecule has 94 valence electrons. The van der Waals surface area contributed by atoms with E-state index in [4.69, 9.17) is 4.74 Å². The van der Waals surface area contributed by atoms with E-state index in [9.17, 15) is 13.2 Å². The van der Waals surface area contributed by atoms with Crippen LogP contribution in [-0.4, -0.2) is 6.10 Å². The maximum atomic E-state index is 12.8. The lowest BCUT2D eigenvalue weighted by Gasteiger charge is -2.18. The van der Waals surface area contributed by atoms with Crippen molar-refractivity contribution in [2.24, 2.45) is 0 Å². The molecule has 2 rings (SSSR count). The van der Waals surface area contributed by atoms with Crippen molar-refractivity contribution in [3.63, 3.8) is 0 Å². The van der Waals surface area contributed by atoms with Gasteiger partial charge in [0.2, 0.25) is 0 Å². The molecule has 0 unspecified atom stereocenters. The number of ether oxygens (including phenoxy) is 1. The Bertz CT molecular complexity index is 392. The van der Waals surface area contributed by atoms with Crippen LogP contribution >= 0.6 is 0 Å². The van der Waals surface area contributed by atoms with E-state index >= 15 is 0 Å². The Labute approximate surface area is 98.6 Å². The van der Waals surface area contributed by atoms with E-state index in [-0.39, 0.29) is 11.9 Å². The van der Waals surface area contributed by atoms with E-state index < -0.39 is 11.7 Å². The number of hydrogen-bond donors (Lipinski definition) is 0. The highest BCUT2D eigenvalue weighted by Crippen LogP contribution is 2.38. The minimum absolute atomic E-state index is 0.0324. The van der Waals surface area contributed by atoms with Gasteiger partial charge in [0.1, 0.15) is 5.75 Å². The SMILES string of the molecule is Cc1ccc(OC2CCCC2)c(C(F)(F)F)c1. The summed E-state index contributed by atoms with van der Waals surface area (Å²) < 4.78 is 43.9. The molecule has 0 atom stereocenters. The van der Waals surface area contributed by atoms with Gasteiger partial charge in [-0.25, -0.2) is 0 Å². The van der Waals surface area contributed by atoms with E-state index in [1.807, 2.05) is 0 Å². The first kappa shape index (κ1) is 12.3. The summed E-state index contributed by atoms with van der Waals surface area (Å²) in [5.74, 6) is -0.0324. The Morgan fingerprint density at radius 3 is 2.41 bits per heavy atom. The molecule has 0 aliphatic heterocycles.